The molecule has 0 bridgehead atoms. The Hall–Kier alpha value is -2.96. The predicted molar refractivity (Wildman–Crippen MR) is 128 cm³/mol. The summed E-state index contributed by atoms with van der Waals surface area (Å²) in [6, 6.07) is 14.2. The molecular formula is C27H32N2O4. The number of hydrogen-bond donors (Lipinski definition) is 2. The first-order valence-electron chi connectivity index (χ1n) is 11.5. The Morgan fingerprint density at radius 2 is 1.91 bits per heavy atom. The highest BCUT2D eigenvalue weighted by molar-refractivity contribution is 6.04. The molecule has 0 saturated carbocycles. The Morgan fingerprint density at radius 3 is 2.64 bits per heavy atom. The van der Waals surface area contributed by atoms with Gasteiger partial charge >= 0.3 is 5.97 Å². The lowest BCUT2D eigenvalue weighted by atomic mass is 9.68. The minimum Gasteiger partial charge on any atom is -0.463 e. The molecule has 1 atom stereocenters. The Kier molecular flexibility index (Phi) is 6.68. The van der Waals surface area contributed by atoms with E-state index in [-0.39, 0.29) is 24.4 Å². The van der Waals surface area contributed by atoms with Crippen molar-refractivity contribution in [2.24, 2.45) is 11.1 Å². The van der Waals surface area contributed by atoms with Gasteiger partial charge in [0.25, 0.3) is 0 Å². The van der Waals surface area contributed by atoms with Gasteiger partial charge < -0.3 is 20.5 Å². The van der Waals surface area contributed by atoms with Gasteiger partial charge in [-0.15, -0.1) is 0 Å². The van der Waals surface area contributed by atoms with Crippen molar-refractivity contribution in [2.75, 3.05) is 26.4 Å². The van der Waals surface area contributed by atoms with Crippen LogP contribution >= 0.6 is 0 Å². The molecule has 1 heterocycles. The number of rotatable bonds is 7. The summed E-state index contributed by atoms with van der Waals surface area (Å²) in [7, 11) is 0. The SMILES string of the molecule is CCOC(=O)C1=C(COCCN)NC2=C(C(=O)CC(C)(C)C2)C1c1ccc2ccccc2c1. The van der Waals surface area contributed by atoms with Gasteiger partial charge in [-0.05, 0) is 35.1 Å². The van der Waals surface area contributed by atoms with Crippen molar-refractivity contribution in [1.82, 2.24) is 5.32 Å². The van der Waals surface area contributed by atoms with Gasteiger partial charge in [0.1, 0.15) is 0 Å². The second kappa shape index (κ2) is 9.49. The van der Waals surface area contributed by atoms with Crippen molar-refractivity contribution in [3.63, 3.8) is 0 Å². The Labute approximate surface area is 194 Å². The summed E-state index contributed by atoms with van der Waals surface area (Å²) in [5.74, 6) is -0.876. The molecule has 2 aromatic carbocycles. The minimum absolute atomic E-state index is 0.0654. The maximum atomic E-state index is 13.5. The third-order valence-corrected chi connectivity index (χ3v) is 6.24. The number of hydrogen-bond acceptors (Lipinski definition) is 6. The maximum Gasteiger partial charge on any atom is 0.336 e. The Balaban J connectivity index is 1.90. The number of nitrogens with two attached hydrogens (primary N) is 1. The molecule has 0 aromatic heterocycles. The zero-order valence-corrected chi connectivity index (χ0v) is 19.6. The number of esters is 1. The zero-order chi connectivity index (χ0) is 23.6. The lowest BCUT2D eigenvalue weighted by Gasteiger charge is -2.40. The number of carbonyl (C=O) groups is 2. The number of ether oxygens (including phenoxy) is 2. The van der Waals surface area contributed by atoms with Crippen LogP contribution in [0.15, 0.2) is 65.0 Å². The minimum atomic E-state index is -0.509. The van der Waals surface area contributed by atoms with Crippen molar-refractivity contribution in [3.8, 4) is 0 Å². The highest BCUT2D eigenvalue weighted by atomic mass is 16.5. The normalized spacial score (nSPS) is 20.0. The molecule has 3 N–H and O–H groups in total. The van der Waals surface area contributed by atoms with Crippen LogP contribution in [0.3, 0.4) is 0 Å². The largest absolute Gasteiger partial charge is 0.463 e. The third-order valence-electron chi connectivity index (χ3n) is 6.24. The number of nitrogens with one attached hydrogen (secondary N) is 1. The zero-order valence-electron chi connectivity index (χ0n) is 19.6. The standard InChI is InChI=1S/C27H32N2O4/c1-4-33-26(31)25-21(16-32-12-11-28)29-20-14-27(2,3)15-22(30)24(20)23(25)19-10-9-17-7-5-6-8-18(17)13-19/h5-10,13,23,29H,4,11-12,14-16,28H2,1-3H3. The predicted octanol–water partition coefficient (Wildman–Crippen LogP) is 3.96. The second-order valence-electron chi connectivity index (χ2n) is 9.45. The summed E-state index contributed by atoms with van der Waals surface area (Å²) in [6.07, 6.45) is 1.15. The van der Waals surface area contributed by atoms with Gasteiger partial charge in [-0.25, -0.2) is 4.79 Å². The number of dihydropyridines is 1. The lowest BCUT2D eigenvalue weighted by Crippen LogP contribution is -2.40. The van der Waals surface area contributed by atoms with Crippen LogP contribution in [0.4, 0.5) is 0 Å². The second-order valence-corrected chi connectivity index (χ2v) is 9.45. The number of carbonyl (C=O) groups excluding carboxylic acids is 2. The van der Waals surface area contributed by atoms with Crippen molar-refractivity contribution < 1.29 is 19.1 Å². The van der Waals surface area contributed by atoms with E-state index in [0.29, 0.717) is 42.8 Å². The van der Waals surface area contributed by atoms with Crippen LogP contribution in [-0.2, 0) is 19.1 Å². The van der Waals surface area contributed by atoms with E-state index >= 15 is 0 Å². The van der Waals surface area contributed by atoms with E-state index in [4.69, 9.17) is 15.2 Å². The number of fused-ring (bicyclic) bond motifs is 1. The van der Waals surface area contributed by atoms with Crippen LogP contribution in [0, 0.1) is 5.41 Å². The molecule has 33 heavy (non-hydrogen) atoms. The summed E-state index contributed by atoms with van der Waals surface area (Å²) in [6.45, 7) is 7.17. The summed E-state index contributed by atoms with van der Waals surface area (Å²) in [5, 5.41) is 5.56. The summed E-state index contributed by atoms with van der Waals surface area (Å²) in [5.41, 5.74) is 8.96. The van der Waals surface area contributed by atoms with E-state index in [1.54, 1.807) is 6.92 Å². The van der Waals surface area contributed by atoms with E-state index in [1.165, 1.54) is 0 Å². The molecule has 0 fully saturated rings. The van der Waals surface area contributed by atoms with E-state index in [0.717, 1.165) is 22.0 Å². The quantitative estimate of drug-likeness (QED) is 0.492. The molecule has 1 aliphatic heterocycles. The van der Waals surface area contributed by atoms with E-state index in [2.05, 4.69) is 31.3 Å². The highest BCUT2D eigenvalue weighted by Gasteiger charge is 2.43. The van der Waals surface area contributed by atoms with Crippen molar-refractivity contribution in [1.29, 1.82) is 0 Å². The molecule has 6 nitrogen and oxygen atoms in total. The number of allylic oxidation sites excluding steroid dienone is 2. The molecule has 1 unspecified atom stereocenters. The fraction of sp³-hybridized carbons (Fsp3) is 0.407. The molecule has 2 aliphatic rings. The number of ketones is 1. The van der Waals surface area contributed by atoms with Crippen molar-refractivity contribution in [2.45, 2.75) is 39.5 Å². The molecule has 1 aliphatic carbocycles. The van der Waals surface area contributed by atoms with Gasteiger partial charge in [-0.2, -0.15) is 0 Å². The van der Waals surface area contributed by atoms with Crippen LogP contribution in [-0.4, -0.2) is 38.1 Å². The van der Waals surface area contributed by atoms with Crippen molar-refractivity contribution >= 4 is 22.5 Å². The summed E-state index contributed by atoms with van der Waals surface area (Å²) in [4.78, 5) is 26.7. The molecular weight excluding hydrogens is 416 g/mol. The molecule has 6 heteroatoms. The Bertz CT molecular complexity index is 1150. The van der Waals surface area contributed by atoms with Gasteiger partial charge in [-0.1, -0.05) is 56.3 Å². The molecule has 0 amide bonds. The fourth-order valence-corrected chi connectivity index (χ4v) is 4.89. The molecule has 2 aromatic rings. The summed E-state index contributed by atoms with van der Waals surface area (Å²) < 4.78 is 11.2. The molecule has 4 rings (SSSR count). The number of benzene rings is 2. The first-order valence-corrected chi connectivity index (χ1v) is 11.5. The smallest absolute Gasteiger partial charge is 0.336 e. The molecule has 0 spiro atoms. The molecule has 0 radical (unpaired) electrons. The van der Waals surface area contributed by atoms with E-state index < -0.39 is 11.9 Å². The van der Waals surface area contributed by atoms with Crippen LogP contribution in [0.1, 0.15) is 45.1 Å². The first kappa shape index (κ1) is 23.2. The first-order chi connectivity index (χ1) is 15.8. The van der Waals surface area contributed by atoms with Crippen molar-refractivity contribution in [3.05, 3.63) is 70.6 Å². The lowest BCUT2D eigenvalue weighted by molar-refractivity contribution is -0.139. The number of Topliss-reactive ketones (excluding diaryl/α,β-unsaturated/α-hetero) is 1. The monoisotopic (exact) mass is 448 g/mol. The third kappa shape index (κ3) is 4.72. The average molecular weight is 449 g/mol. The average Bonchev–Trinajstić information content (AvgIpc) is 2.77. The molecule has 0 saturated heterocycles. The van der Waals surface area contributed by atoms with E-state index in [1.807, 2.05) is 30.3 Å². The van der Waals surface area contributed by atoms with Crippen LogP contribution in [0.25, 0.3) is 10.8 Å². The van der Waals surface area contributed by atoms with Gasteiger partial charge in [0.2, 0.25) is 0 Å². The van der Waals surface area contributed by atoms with Crippen LogP contribution in [0.2, 0.25) is 0 Å². The summed E-state index contributed by atoms with van der Waals surface area (Å²) >= 11 is 0. The van der Waals surface area contributed by atoms with Crippen LogP contribution in [0.5, 0.6) is 0 Å². The van der Waals surface area contributed by atoms with Gasteiger partial charge in [0.05, 0.1) is 31.1 Å². The van der Waals surface area contributed by atoms with Gasteiger partial charge in [0, 0.05) is 30.2 Å². The Morgan fingerprint density at radius 1 is 1.15 bits per heavy atom. The fourth-order valence-electron chi connectivity index (χ4n) is 4.89. The van der Waals surface area contributed by atoms with Gasteiger partial charge in [0.15, 0.2) is 5.78 Å². The van der Waals surface area contributed by atoms with Crippen LogP contribution < -0.4 is 11.1 Å². The molecule has 174 valence electrons. The topological polar surface area (TPSA) is 90.7 Å². The maximum absolute atomic E-state index is 13.5. The van der Waals surface area contributed by atoms with E-state index in [9.17, 15) is 9.59 Å². The van der Waals surface area contributed by atoms with Gasteiger partial charge in [-0.3, -0.25) is 4.79 Å². The highest BCUT2D eigenvalue weighted by Crippen LogP contribution is 2.47.